The Morgan fingerprint density at radius 3 is 2.15 bits per heavy atom. The van der Waals surface area contributed by atoms with Gasteiger partial charge in [0.2, 0.25) is 11.8 Å². The highest BCUT2D eigenvalue weighted by atomic mass is 19.4. The number of ether oxygens (including phenoxy) is 2. The summed E-state index contributed by atoms with van der Waals surface area (Å²) in [5.41, 5.74) is -1.10. The van der Waals surface area contributed by atoms with Crippen LogP contribution in [0.25, 0.3) is 0 Å². The lowest BCUT2D eigenvalue weighted by Gasteiger charge is -2.14. The molecule has 0 radical (unpaired) electrons. The van der Waals surface area contributed by atoms with Crippen LogP contribution in [0.3, 0.4) is 0 Å². The van der Waals surface area contributed by atoms with Crippen molar-refractivity contribution in [1.29, 1.82) is 0 Å². The zero-order valence-corrected chi connectivity index (χ0v) is 14.5. The average molecular weight is 382 g/mol. The van der Waals surface area contributed by atoms with Crippen molar-refractivity contribution in [2.45, 2.75) is 12.6 Å². The van der Waals surface area contributed by atoms with Crippen LogP contribution in [0.2, 0.25) is 0 Å². The minimum atomic E-state index is -4.62. The molecule has 0 unspecified atom stereocenters. The topological polar surface area (TPSA) is 76.7 Å². The van der Waals surface area contributed by atoms with E-state index in [2.05, 4.69) is 10.6 Å². The van der Waals surface area contributed by atoms with Gasteiger partial charge in [-0.1, -0.05) is 12.1 Å². The number of hydrogen-bond donors (Lipinski definition) is 2. The molecule has 0 spiro atoms. The minimum absolute atomic E-state index is 0.298. The number of benzene rings is 2. The van der Waals surface area contributed by atoms with Crippen LogP contribution in [0.15, 0.2) is 42.5 Å². The first kappa shape index (κ1) is 20.1. The largest absolute Gasteiger partial charge is 0.497 e. The Morgan fingerprint density at radius 2 is 1.56 bits per heavy atom. The predicted octanol–water partition coefficient (Wildman–Crippen LogP) is 3.69. The molecule has 6 nitrogen and oxygen atoms in total. The first-order valence-electron chi connectivity index (χ1n) is 7.72. The molecule has 0 aliphatic carbocycles. The number of nitrogens with one attached hydrogen (secondary N) is 2. The summed E-state index contributed by atoms with van der Waals surface area (Å²) in [6, 6.07) is 9.16. The molecule has 0 aliphatic heterocycles. The zero-order valence-electron chi connectivity index (χ0n) is 14.5. The molecule has 144 valence electrons. The first-order chi connectivity index (χ1) is 12.7. The molecule has 2 N–H and O–H groups in total. The average Bonchev–Trinajstić information content (AvgIpc) is 2.61. The Morgan fingerprint density at radius 1 is 0.926 bits per heavy atom. The molecule has 0 aliphatic rings. The van der Waals surface area contributed by atoms with Gasteiger partial charge in [-0.25, -0.2) is 0 Å². The summed E-state index contributed by atoms with van der Waals surface area (Å²) in [6.07, 6.45) is -5.29. The van der Waals surface area contributed by atoms with Crippen molar-refractivity contribution in [3.63, 3.8) is 0 Å². The quantitative estimate of drug-likeness (QED) is 0.747. The van der Waals surface area contributed by atoms with Gasteiger partial charge in [0.25, 0.3) is 0 Å². The van der Waals surface area contributed by atoms with Crippen LogP contribution >= 0.6 is 0 Å². The van der Waals surface area contributed by atoms with Gasteiger partial charge in [0.05, 0.1) is 31.2 Å². The van der Waals surface area contributed by atoms with Crippen LogP contribution in [0.1, 0.15) is 12.0 Å². The van der Waals surface area contributed by atoms with Gasteiger partial charge in [0.15, 0.2) is 0 Å². The van der Waals surface area contributed by atoms with Crippen molar-refractivity contribution in [2.24, 2.45) is 0 Å². The third-order valence-corrected chi connectivity index (χ3v) is 3.51. The number of anilines is 2. The summed E-state index contributed by atoms with van der Waals surface area (Å²) >= 11 is 0. The van der Waals surface area contributed by atoms with E-state index < -0.39 is 35.7 Å². The molecular formula is C18H17F3N2O4. The number of methoxy groups -OCH3 is 2. The molecule has 0 heterocycles. The van der Waals surface area contributed by atoms with Crippen molar-refractivity contribution >= 4 is 23.2 Å². The molecule has 0 aromatic heterocycles. The van der Waals surface area contributed by atoms with Crippen molar-refractivity contribution in [3.05, 3.63) is 48.0 Å². The Labute approximate surface area is 153 Å². The van der Waals surface area contributed by atoms with Gasteiger partial charge < -0.3 is 20.1 Å². The summed E-state index contributed by atoms with van der Waals surface area (Å²) in [5, 5.41) is 4.58. The second-order valence-electron chi connectivity index (χ2n) is 5.38. The molecule has 2 amide bonds. The fraction of sp³-hybridized carbons (Fsp3) is 0.222. The zero-order chi connectivity index (χ0) is 20.0. The Balaban J connectivity index is 2.04. The fourth-order valence-electron chi connectivity index (χ4n) is 2.28. The second kappa shape index (κ2) is 8.43. The Hall–Kier alpha value is -3.23. The van der Waals surface area contributed by atoms with Gasteiger partial charge in [0, 0.05) is 6.07 Å². The molecule has 0 atom stereocenters. The minimum Gasteiger partial charge on any atom is -0.497 e. The molecule has 9 heteroatoms. The van der Waals surface area contributed by atoms with Crippen molar-refractivity contribution in [1.82, 2.24) is 0 Å². The molecule has 2 aromatic carbocycles. The lowest BCUT2D eigenvalue weighted by atomic mass is 10.1. The molecule has 0 bridgehead atoms. The van der Waals surface area contributed by atoms with E-state index in [9.17, 15) is 22.8 Å². The SMILES string of the molecule is COc1ccc(NC(=O)CC(=O)Nc2ccccc2C(F)(F)F)c(OC)c1. The van der Waals surface area contributed by atoms with Gasteiger partial charge in [-0.15, -0.1) is 0 Å². The molecule has 0 fully saturated rings. The number of alkyl halides is 3. The van der Waals surface area contributed by atoms with Gasteiger partial charge in [-0.2, -0.15) is 13.2 Å². The van der Waals surface area contributed by atoms with Crippen LogP contribution < -0.4 is 20.1 Å². The summed E-state index contributed by atoms with van der Waals surface area (Å²) in [6.45, 7) is 0. The van der Waals surface area contributed by atoms with E-state index in [1.54, 1.807) is 6.07 Å². The van der Waals surface area contributed by atoms with E-state index in [0.29, 0.717) is 17.2 Å². The van der Waals surface area contributed by atoms with E-state index in [4.69, 9.17) is 9.47 Å². The number of amides is 2. The first-order valence-corrected chi connectivity index (χ1v) is 7.72. The normalized spacial score (nSPS) is 10.9. The number of hydrogen-bond acceptors (Lipinski definition) is 4. The molecule has 0 saturated heterocycles. The number of carbonyl (C=O) groups excluding carboxylic acids is 2. The molecule has 2 rings (SSSR count). The van der Waals surface area contributed by atoms with Crippen LogP contribution in [-0.2, 0) is 15.8 Å². The summed E-state index contributed by atoms with van der Waals surface area (Å²) in [5.74, 6) is -0.769. The number of para-hydroxylation sites is 1. The Kier molecular flexibility index (Phi) is 6.27. The maximum absolute atomic E-state index is 12.9. The van der Waals surface area contributed by atoms with E-state index in [-0.39, 0.29) is 0 Å². The number of rotatable bonds is 6. The van der Waals surface area contributed by atoms with E-state index in [1.165, 1.54) is 38.5 Å². The van der Waals surface area contributed by atoms with Crippen LogP contribution in [0, 0.1) is 0 Å². The van der Waals surface area contributed by atoms with Crippen molar-refractivity contribution in [3.8, 4) is 11.5 Å². The molecule has 27 heavy (non-hydrogen) atoms. The second-order valence-corrected chi connectivity index (χ2v) is 5.38. The number of halogens is 3. The van der Waals surface area contributed by atoms with E-state index in [0.717, 1.165) is 12.1 Å². The predicted molar refractivity (Wildman–Crippen MR) is 92.9 cm³/mol. The van der Waals surface area contributed by atoms with Crippen LogP contribution in [0.5, 0.6) is 11.5 Å². The summed E-state index contributed by atoms with van der Waals surface area (Å²) < 4.78 is 49.0. The van der Waals surface area contributed by atoms with Gasteiger partial charge in [0.1, 0.15) is 17.9 Å². The fourth-order valence-corrected chi connectivity index (χ4v) is 2.28. The van der Waals surface area contributed by atoms with Crippen molar-refractivity contribution < 1.29 is 32.2 Å². The maximum Gasteiger partial charge on any atom is 0.418 e. The highest BCUT2D eigenvalue weighted by Gasteiger charge is 2.33. The lowest BCUT2D eigenvalue weighted by molar-refractivity contribution is -0.137. The number of carbonyl (C=O) groups is 2. The monoisotopic (exact) mass is 382 g/mol. The van der Waals surface area contributed by atoms with E-state index in [1.807, 2.05) is 0 Å². The smallest absolute Gasteiger partial charge is 0.418 e. The lowest BCUT2D eigenvalue weighted by Crippen LogP contribution is -2.23. The standard InChI is InChI=1S/C18H17F3N2O4/c1-26-11-7-8-14(15(9-11)27-2)23-17(25)10-16(24)22-13-6-4-3-5-12(13)18(19,20)21/h3-9H,10H2,1-2H3,(H,22,24)(H,23,25). The molecule has 2 aromatic rings. The molecular weight excluding hydrogens is 365 g/mol. The van der Waals surface area contributed by atoms with E-state index >= 15 is 0 Å². The maximum atomic E-state index is 12.9. The van der Waals surface area contributed by atoms with Gasteiger partial charge in [-0.05, 0) is 24.3 Å². The van der Waals surface area contributed by atoms with Crippen LogP contribution in [0.4, 0.5) is 24.5 Å². The van der Waals surface area contributed by atoms with Gasteiger partial charge >= 0.3 is 6.18 Å². The third-order valence-electron chi connectivity index (χ3n) is 3.51. The highest BCUT2D eigenvalue weighted by Crippen LogP contribution is 2.34. The molecule has 0 saturated carbocycles. The summed E-state index contributed by atoms with van der Waals surface area (Å²) in [7, 11) is 2.86. The van der Waals surface area contributed by atoms with Crippen molar-refractivity contribution in [2.75, 3.05) is 24.9 Å². The summed E-state index contributed by atoms with van der Waals surface area (Å²) in [4.78, 5) is 24.0. The Bertz CT molecular complexity index is 838. The van der Waals surface area contributed by atoms with Crippen LogP contribution in [-0.4, -0.2) is 26.0 Å². The highest BCUT2D eigenvalue weighted by molar-refractivity contribution is 6.08. The third kappa shape index (κ3) is 5.37. The van der Waals surface area contributed by atoms with Gasteiger partial charge in [-0.3, -0.25) is 9.59 Å².